The summed E-state index contributed by atoms with van der Waals surface area (Å²) in [5.74, 6) is 0.146. The van der Waals surface area contributed by atoms with Gasteiger partial charge in [0.2, 0.25) is 0 Å². The molecule has 0 atom stereocenters. The van der Waals surface area contributed by atoms with Crippen LogP contribution in [0.15, 0.2) is 29.9 Å². The first-order valence-electron chi connectivity index (χ1n) is 5.14. The van der Waals surface area contributed by atoms with Gasteiger partial charge in [-0.05, 0) is 19.4 Å². The van der Waals surface area contributed by atoms with Crippen molar-refractivity contribution in [2.45, 2.75) is 20.3 Å². The number of ketones is 1. The summed E-state index contributed by atoms with van der Waals surface area (Å²) in [6, 6.07) is 6.23. The highest BCUT2D eigenvalue weighted by molar-refractivity contribution is 7.11. The van der Waals surface area contributed by atoms with Crippen LogP contribution in [0.5, 0.6) is 0 Å². The third kappa shape index (κ3) is 2.55. The van der Waals surface area contributed by atoms with Crippen LogP contribution in [0, 0.1) is 13.8 Å². The molecular weight excluding hydrogens is 218 g/mol. The number of thiazole rings is 1. The Kier molecular flexibility index (Phi) is 3.15. The summed E-state index contributed by atoms with van der Waals surface area (Å²) >= 11 is 1.40. The standard InChI is InChI=1S/C13H13NOS/c1-9-3-10(2)5-11(4-9)6-12(15)13-7-14-8-16-13/h3-5,7-8H,6H2,1-2H3. The van der Waals surface area contributed by atoms with Gasteiger partial charge in [-0.2, -0.15) is 0 Å². The lowest BCUT2D eigenvalue weighted by Crippen LogP contribution is -2.01. The first kappa shape index (κ1) is 11.0. The molecule has 0 aliphatic heterocycles. The zero-order valence-corrected chi connectivity index (χ0v) is 10.2. The molecule has 3 heteroatoms. The van der Waals surface area contributed by atoms with Crippen molar-refractivity contribution < 1.29 is 4.79 Å². The average Bonchev–Trinajstić information content (AvgIpc) is 2.68. The molecule has 0 N–H and O–H groups in total. The van der Waals surface area contributed by atoms with Crippen LogP contribution < -0.4 is 0 Å². The van der Waals surface area contributed by atoms with Crippen molar-refractivity contribution in [3.8, 4) is 0 Å². The molecular formula is C13H13NOS. The summed E-state index contributed by atoms with van der Waals surface area (Å²) in [7, 11) is 0. The number of carbonyl (C=O) groups excluding carboxylic acids is 1. The van der Waals surface area contributed by atoms with Gasteiger partial charge < -0.3 is 0 Å². The zero-order chi connectivity index (χ0) is 11.5. The summed E-state index contributed by atoms with van der Waals surface area (Å²) in [5.41, 5.74) is 5.17. The molecule has 0 fully saturated rings. The number of benzene rings is 1. The van der Waals surface area contributed by atoms with Crippen LogP contribution in [-0.2, 0) is 6.42 Å². The number of hydrogen-bond donors (Lipinski definition) is 0. The Morgan fingerprint density at radius 1 is 1.25 bits per heavy atom. The van der Waals surface area contributed by atoms with Gasteiger partial charge >= 0.3 is 0 Å². The average molecular weight is 231 g/mol. The lowest BCUT2D eigenvalue weighted by molar-refractivity contribution is 0.0996. The Morgan fingerprint density at radius 3 is 2.50 bits per heavy atom. The molecule has 2 aromatic rings. The Bertz CT molecular complexity index is 482. The normalized spacial score (nSPS) is 10.4. The number of nitrogens with zero attached hydrogens (tertiary/aromatic N) is 1. The maximum atomic E-state index is 11.9. The van der Waals surface area contributed by atoms with Crippen LogP contribution in [0.25, 0.3) is 0 Å². The first-order valence-corrected chi connectivity index (χ1v) is 6.02. The van der Waals surface area contributed by atoms with Crippen LogP contribution in [-0.4, -0.2) is 10.8 Å². The quantitative estimate of drug-likeness (QED) is 0.759. The molecule has 1 aromatic heterocycles. The van der Waals surface area contributed by atoms with Gasteiger partial charge in [-0.25, -0.2) is 0 Å². The molecule has 0 amide bonds. The minimum absolute atomic E-state index is 0.146. The van der Waals surface area contributed by atoms with E-state index >= 15 is 0 Å². The Morgan fingerprint density at radius 2 is 1.94 bits per heavy atom. The summed E-state index contributed by atoms with van der Waals surface area (Å²) in [4.78, 5) is 16.5. The third-order valence-corrected chi connectivity index (χ3v) is 3.17. The van der Waals surface area contributed by atoms with Crippen LogP contribution in [0.1, 0.15) is 26.4 Å². The number of Topliss-reactive ketones (excluding diaryl/α,β-unsaturated/α-hetero) is 1. The van der Waals surface area contributed by atoms with Crippen LogP contribution >= 0.6 is 11.3 Å². The van der Waals surface area contributed by atoms with Crippen molar-refractivity contribution in [1.82, 2.24) is 4.98 Å². The topological polar surface area (TPSA) is 30.0 Å². The Labute approximate surface area is 99.0 Å². The van der Waals surface area contributed by atoms with E-state index in [1.807, 2.05) is 13.8 Å². The van der Waals surface area contributed by atoms with Crippen molar-refractivity contribution in [3.63, 3.8) is 0 Å². The van der Waals surface area contributed by atoms with E-state index in [-0.39, 0.29) is 5.78 Å². The number of rotatable bonds is 3. The smallest absolute Gasteiger partial charge is 0.178 e. The van der Waals surface area contributed by atoms with E-state index in [0.717, 1.165) is 10.4 Å². The summed E-state index contributed by atoms with van der Waals surface area (Å²) in [5, 5.41) is 0. The highest BCUT2D eigenvalue weighted by Gasteiger charge is 2.08. The van der Waals surface area contributed by atoms with Crippen molar-refractivity contribution in [2.24, 2.45) is 0 Å². The molecule has 2 nitrogen and oxygen atoms in total. The fraction of sp³-hybridized carbons (Fsp3) is 0.231. The minimum atomic E-state index is 0.146. The summed E-state index contributed by atoms with van der Waals surface area (Å²) in [6.45, 7) is 4.10. The number of carbonyl (C=O) groups is 1. The van der Waals surface area contributed by atoms with Gasteiger partial charge in [0, 0.05) is 12.6 Å². The van der Waals surface area contributed by atoms with Crippen molar-refractivity contribution >= 4 is 17.1 Å². The molecule has 82 valence electrons. The number of hydrogen-bond acceptors (Lipinski definition) is 3. The molecule has 0 bridgehead atoms. The second kappa shape index (κ2) is 4.58. The monoisotopic (exact) mass is 231 g/mol. The predicted molar refractivity (Wildman–Crippen MR) is 66.1 cm³/mol. The van der Waals surface area contributed by atoms with Gasteiger partial charge in [-0.1, -0.05) is 29.3 Å². The molecule has 16 heavy (non-hydrogen) atoms. The van der Waals surface area contributed by atoms with Gasteiger partial charge in [-0.15, -0.1) is 11.3 Å². The highest BCUT2D eigenvalue weighted by Crippen LogP contribution is 2.14. The van der Waals surface area contributed by atoms with Crippen molar-refractivity contribution in [3.05, 3.63) is 51.5 Å². The van der Waals surface area contributed by atoms with E-state index in [1.165, 1.54) is 22.5 Å². The number of aryl methyl sites for hydroxylation is 2. The molecule has 0 saturated heterocycles. The fourth-order valence-electron chi connectivity index (χ4n) is 1.80. The Hall–Kier alpha value is -1.48. The van der Waals surface area contributed by atoms with Gasteiger partial charge in [-0.3, -0.25) is 9.78 Å². The molecule has 0 aliphatic rings. The second-order valence-corrected chi connectivity index (χ2v) is 4.85. The van der Waals surface area contributed by atoms with E-state index < -0.39 is 0 Å². The van der Waals surface area contributed by atoms with Gasteiger partial charge in [0.25, 0.3) is 0 Å². The summed E-state index contributed by atoms with van der Waals surface area (Å²) in [6.07, 6.45) is 2.10. The van der Waals surface area contributed by atoms with Crippen LogP contribution in [0.2, 0.25) is 0 Å². The Balaban J connectivity index is 2.18. The zero-order valence-electron chi connectivity index (χ0n) is 9.36. The molecule has 1 heterocycles. The molecule has 0 radical (unpaired) electrons. The van der Waals surface area contributed by atoms with E-state index in [0.29, 0.717) is 6.42 Å². The van der Waals surface area contributed by atoms with Crippen molar-refractivity contribution in [2.75, 3.05) is 0 Å². The maximum absolute atomic E-state index is 11.9. The highest BCUT2D eigenvalue weighted by atomic mass is 32.1. The molecule has 0 spiro atoms. The molecule has 0 saturated carbocycles. The predicted octanol–water partition coefficient (Wildman–Crippen LogP) is 3.19. The molecule has 2 rings (SSSR count). The van der Waals surface area contributed by atoms with Crippen molar-refractivity contribution in [1.29, 1.82) is 0 Å². The van der Waals surface area contributed by atoms with Gasteiger partial charge in [0.1, 0.15) is 0 Å². The van der Waals surface area contributed by atoms with E-state index in [2.05, 4.69) is 23.2 Å². The lowest BCUT2D eigenvalue weighted by Gasteiger charge is -2.03. The van der Waals surface area contributed by atoms with Crippen LogP contribution in [0.3, 0.4) is 0 Å². The van der Waals surface area contributed by atoms with Crippen LogP contribution in [0.4, 0.5) is 0 Å². The van der Waals surface area contributed by atoms with Gasteiger partial charge in [0.05, 0.1) is 10.4 Å². The third-order valence-electron chi connectivity index (χ3n) is 2.35. The molecule has 0 unspecified atom stereocenters. The van der Waals surface area contributed by atoms with E-state index in [1.54, 1.807) is 11.7 Å². The van der Waals surface area contributed by atoms with E-state index in [9.17, 15) is 4.79 Å². The molecule has 1 aromatic carbocycles. The fourth-order valence-corrected chi connectivity index (χ4v) is 2.36. The minimum Gasteiger partial charge on any atom is -0.293 e. The largest absolute Gasteiger partial charge is 0.293 e. The summed E-state index contributed by atoms with van der Waals surface area (Å²) < 4.78 is 0. The maximum Gasteiger partial charge on any atom is 0.178 e. The number of aromatic nitrogens is 1. The van der Waals surface area contributed by atoms with E-state index in [4.69, 9.17) is 0 Å². The molecule has 0 aliphatic carbocycles. The second-order valence-electron chi connectivity index (χ2n) is 3.96. The lowest BCUT2D eigenvalue weighted by atomic mass is 10.0. The van der Waals surface area contributed by atoms with Gasteiger partial charge in [0.15, 0.2) is 5.78 Å². The SMILES string of the molecule is Cc1cc(C)cc(CC(=O)c2cncs2)c1. The first-order chi connectivity index (χ1) is 7.65.